The normalized spacial score (nSPS) is 18.7. The van der Waals surface area contributed by atoms with Crippen molar-refractivity contribution in [1.29, 1.82) is 0 Å². The molecule has 3 N–H and O–H groups in total. The summed E-state index contributed by atoms with van der Waals surface area (Å²) in [6, 6.07) is 7.65. The van der Waals surface area contributed by atoms with Gasteiger partial charge in [-0.3, -0.25) is 9.59 Å². The van der Waals surface area contributed by atoms with Crippen LogP contribution in [0.5, 0.6) is 0 Å². The number of nitrogens with two attached hydrogens (primary N) is 1. The summed E-state index contributed by atoms with van der Waals surface area (Å²) in [5.41, 5.74) is 7.73. The molecule has 0 atom stereocenters. The lowest BCUT2D eigenvalue weighted by Crippen LogP contribution is -2.47. The first-order chi connectivity index (χ1) is 13.5. The largest absolute Gasteiger partial charge is 0.340 e. The van der Waals surface area contributed by atoms with E-state index in [4.69, 9.17) is 5.73 Å². The Balaban J connectivity index is 0.00000225. The Labute approximate surface area is 192 Å². The Kier molecular flexibility index (Phi) is 11.1. The molecule has 1 aromatic rings. The second-order valence-corrected chi connectivity index (χ2v) is 8.55. The zero-order chi connectivity index (χ0) is 20.0. The summed E-state index contributed by atoms with van der Waals surface area (Å²) in [4.78, 5) is 29.1. The first-order valence-electron chi connectivity index (χ1n) is 10.5. The summed E-state index contributed by atoms with van der Waals surface area (Å²) in [6.45, 7) is 4.04. The van der Waals surface area contributed by atoms with Crippen molar-refractivity contribution in [3.8, 4) is 0 Å². The van der Waals surface area contributed by atoms with E-state index >= 15 is 0 Å². The van der Waals surface area contributed by atoms with Crippen LogP contribution in [0.25, 0.3) is 0 Å². The van der Waals surface area contributed by atoms with Crippen LogP contribution in [0.4, 0.5) is 5.69 Å². The van der Waals surface area contributed by atoms with Crippen molar-refractivity contribution >= 4 is 42.3 Å². The maximum absolute atomic E-state index is 12.5. The molecule has 1 aliphatic heterocycles. The molecule has 2 aliphatic rings. The first-order valence-corrected chi connectivity index (χ1v) is 10.5. The molecular weight excluding hydrogens is 423 g/mol. The van der Waals surface area contributed by atoms with E-state index in [1.54, 1.807) is 0 Å². The van der Waals surface area contributed by atoms with Crippen LogP contribution >= 0.6 is 24.8 Å². The summed E-state index contributed by atoms with van der Waals surface area (Å²) >= 11 is 0. The van der Waals surface area contributed by atoms with Gasteiger partial charge in [-0.15, -0.1) is 24.8 Å². The number of anilines is 1. The van der Waals surface area contributed by atoms with Gasteiger partial charge in [0.1, 0.15) is 0 Å². The SMILES string of the molecule is CN1CCN(C(=O)Cc2ccc(NC(=O)CC3(CN)CCCCC3)cc2)CC1.Cl.Cl. The van der Waals surface area contributed by atoms with Gasteiger partial charge in [0.2, 0.25) is 11.8 Å². The van der Waals surface area contributed by atoms with Crippen LogP contribution in [-0.2, 0) is 16.0 Å². The Morgan fingerprint density at radius 1 is 1.00 bits per heavy atom. The van der Waals surface area contributed by atoms with E-state index in [0.29, 0.717) is 19.4 Å². The van der Waals surface area contributed by atoms with Gasteiger partial charge in [0, 0.05) is 38.3 Å². The standard InChI is InChI=1S/C22H34N4O2.2ClH/c1-25-11-13-26(14-12-25)21(28)15-18-5-7-19(8-6-18)24-20(27)16-22(17-23)9-3-2-4-10-22;;/h5-8H,2-4,9-17,23H2,1H3,(H,24,27);2*1H. The van der Waals surface area contributed by atoms with E-state index in [1.165, 1.54) is 19.3 Å². The van der Waals surface area contributed by atoms with Crippen LogP contribution in [0.15, 0.2) is 24.3 Å². The third-order valence-corrected chi connectivity index (χ3v) is 6.33. The topological polar surface area (TPSA) is 78.7 Å². The summed E-state index contributed by atoms with van der Waals surface area (Å²) < 4.78 is 0. The van der Waals surface area contributed by atoms with Crippen molar-refractivity contribution in [1.82, 2.24) is 9.80 Å². The number of halogens is 2. The molecule has 0 aromatic heterocycles. The smallest absolute Gasteiger partial charge is 0.227 e. The minimum atomic E-state index is -0.0306. The zero-order valence-corrected chi connectivity index (χ0v) is 19.5. The summed E-state index contributed by atoms with van der Waals surface area (Å²) in [5.74, 6) is 0.209. The second-order valence-electron chi connectivity index (χ2n) is 8.55. The highest BCUT2D eigenvalue weighted by atomic mass is 35.5. The third-order valence-electron chi connectivity index (χ3n) is 6.33. The fourth-order valence-electron chi connectivity index (χ4n) is 4.35. The number of nitrogens with one attached hydrogen (secondary N) is 1. The molecule has 1 aromatic carbocycles. The van der Waals surface area contributed by atoms with E-state index in [0.717, 1.165) is 50.3 Å². The molecule has 2 amide bonds. The Hall–Kier alpha value is -1.34. The van der Waals surface area contributed by atoms with Gasteiger partial charge < -0.3 is 20.9 Å². The van der Waals surface area contributed by atoms with Crippen molar-refractivity contribution < 1.29 is 9.59 Å². The van der Waals surface area contributed by atoms with Crippen LogP contribution in [0, 0.1) is 5.41 Å². The van der Waals surface area contributed by atoms with Gasteiger partial charge in [-0.2, -0.15) is 0 Å². The Morgan fingerprint density at radius 3 is 2.17 bits per heavy atom. The lowest BCUT2D eigenvalue weighted by atomic mass is 9.71. The molecule has 8 heteroatoms. The van der Waals surface area contributed by atoms with Gasteiger partial charge >= 0.3 is 0 Å². The van der Waals surface area contributed by atoms with Crippen LogP contribution in [0.2, 0.25) is 0 Å². The quantitative estimate of drug-likeness (QED) is 0.686. The number of likely N-dealkylation sites (N-methyl/N-ethyl adjacent to an activating group) is 1. The molecule has 1 saturated carbocycles. The summed E-state index contributed by atoms with van der Waals surface area (Å²) in [6.07, 6.45) is 6.58. The Bertz CT molecular complexity index is 670. The van der Waals surface area contributed by atoms with Gasteiger partial charge in [-0.25, -0.2) is 0 Å². The van der Waals surface area contributed by atoms with Crippen molar-refractivity contribution in [3.63, 3.8) is 0 Å². The number of hydrogen-bond acceptors (Lipinski definition) is 4. The van der Waals surface area contributed by atoms with Gasteiger partial charge in [0.15, 0.2) is 0 Å². The molecular formula is C22H36Cl2N4O2. The molecule has 30 heavy (non-hydrogen) atoms. The van der Waals surface area contributed by atoms with Crippen LogP contribution < -0.4 is 11.1 Å². The molecule has 1 aliphatic carbocycles. The van der Waals surface area contributed by atoms with Gasteiger partial charge in [0.05, 0.1) is 6.42 Å². The molecule has 0 bridgehead atoms. The number of amides is 2. The van der Waals surface area contributed by atoms with Crippen molar-refractivity contribution in [3.05, 3.63) is 29.8 Å². The lowest BCUT2D eigenvalue weighted by molar-refractivity contribution is -0.132. The van der Waals surface area contributed by atoms with E-state index in [9.17, 15) is 9.59 Å². The highest BCUT2D eigenvalue weighted by Gasteiger charge is 2.32. The van der Waals surface area contributed by atoms with Crippen LogP contribution in [0.3, 0.4) is 0 Å². The fraction of sp³-hybridized carbons (Fsp3) is 0.636. The molecule has 1 heterocycles. The number of benzene rings is 1. The molecule has 0 radical (unpaired) electrons. The molecule has 6 nitrogen and oxygen atoms in total. The highest BCUT2D eigenvalue weighted by Crippen LogP contribution is 2.38. The number of piperazine rings is 1. The summed E-state index contributed by atoms with van der Waals surface area (Å²) in [7, 11) is 2.08. The molecule has 170 valence electrons. The maximum Gasteiger partial charge on any atom is 0.227 e. The predicted octanol–water partition coefficient (Wildman–Crippen LogP) is 3.08. The molecule has 0 unspecified atom stereocenters. The van der Waals surface area contributed by atoms with Gasteiger partial charge in [-0.05, 0) is 49.5 Å². The average molecular weight is 459 g/mol. The number of rotatable bonds is 6. The van der Waals surface area contributed by atoms with E-state index in [2.05, 4.69) is 17.3 Å². The number of carbonyl (C=O) groups excluding carboxylic acids is 2. The van der Waals surface area contributed by atoms with E-state index in [-0.39, 0.29) is 42.0 Å². The third kappa shape index (κ3) is 7.41. The predicted molar refractivity (Wildman–Crippen MR) is 127 cm³/mol. The van der Waals surface area contributed by atoms with Crippen molar-refractivity contribution in [2.24, 2.45) is 11.1 Å². The fourth-order valence-corrected chi connectivity index (χ4v) is 4.35. The lowest BCUT2D eigenvalue weighted by Gasteiger charge is -2.35. The molecule has 0 spiro atoms. The van der Waals surface area contributed by atoms with Crippen molar-refractivity contribution in [2.45, 2.75) is 44.9 Å². The monoisotopic (exact) mass is 458 g/mol. The van der Waals surface area contributed by atoms with E-state index < -0.39 is 0 Å². The van der Waals surface area contributed by atoms with Gasteiger partial charge in [-0.1, -0.05) is 31.4 Å². The van der Waals surface area contributed by atoms with Crippen molar-refractivity contribution in [2.75, 3.05) is 45.1 Å². The van der Waals surface area contributed by atoms with Crippen LogP contribution in [0.1, 0.15) is 44.1 Å². The number of hydrogen-bond donors (Lipinski definition) is 2. The minimum absolute atomic E-state index is 0. The molecule has 3 rings (SSSR count). The Morgan fingerprint density at radius 2 is 1.60 bits per heavy atom. The van der Waals surface area contributed by atoms with E-state index in [1.807, 2.05) is 29.2 Å². The summed E-state index contributed by atoms with van der Waals surface area (Å²) in [5, 5.41) is 3.00. The second kappa shape index (κ2) is 12.5. The minimum Gasteiger partial charge on any atom is -0.340 e. The average Bonchev–Trinajstić information content (AvgIpc) is 2.70. The highest BCUT2D eigenvalue weighted by molar-refractivity contribution is 5.91. The maximum atomic E-state index is 12.5. The molecule has 1 saturated heterocycles. The van der Waals surface area contributed by atoms with Gasteiger partial charge in [0.25, 0.3) is 0 Å². The van der Waals surface area contributed by atoms with Crippen LogP contribution in [-0.4, -0.2) is 61.4 Å². The number of carbonyl (C=O) groups is 2. The first kappa shape index (κ1) is 26.7. The zero-order valence-electron chi connectivity index (χ0n) is 17.9. The number of nitrogens with zero attached hydrogens (tertiary/aromatic N) is 2. The molecule has 2 fully saturated rings.